The largest absolute Gasteiger partial charge is 0.379 e. The van der Waals surface area contributed by atoms with E-state index in [0.29, 0.717) is 25.4 Å². The third-order valence-corrected chi connectivity index (χ3v) is 3.91. The van der Waals surface area contributed by atoms with E-state index in [1.165, 1.54) is 0 Å². The number of rotatable bonds is 3. The highest BCUT2D eigenvalue weighted by Gasteiger charge is 2.49. The molecule has 0 bridgehead atoms. The van der Waals surface area contributed by atoms with E-state index in [4.69, 9.17) is 9.47 Å². The van der Waals surface area contributed by atoms with Gasteiger partial charge in [-0.15, -0.1) is 0 Å². The Morgan fingerprint density at radius 3 is 2.56 bits per heavy atom. The Morgan fingerprint density at radius 1 is 1.38 bits per heavy atom. The van der Waals surface area contributed by atoms with Gasteiger partial charge >= 0.3 is 0 Å². The van der Waals surface area contributed by atoms with Crippen LogP contribution in [0.15, 0.2) is 0 Å². The second-order valence-corrected chi connectivity index (χ2v) is 6.42. The van der Waals surface area contributed by atoms with Crippen molar-refractivity contribution < 1.29 is 13.9 Å². The molecule has 0 aromatic heterocycles. The summed E-state index contributed by atoms with van der Waals surface area (Å²) in [6, 6.07) is 0. The zero-order chi connectivity index (χ0) is 11.8. The summed E-state index contributed by atoms with van der Waals surface area (Å²) < 4.78 is 24.9. The van der Waals surface area contributed by atoms with Crippen molar-refractivity contribution >= 4 is 0 Å². The van der Waals surface area contributed by atoms with Crippen molar-refractivity contribution in [1.29, 1.82) is 0 Å². The van der Waals surface area contributed by atoms with Gasteiger partial charge in [-0.3, -0.25) is 0 Å². The monoisotopic (exact) mass is 230 g/mol. The molecule has 16 heavy (non-hydrogen) atoms. The molecule has 2 fully saturated rings. The van der Waals surface area contributed by atoms with Gasteiger partial charge in [-0.25, -0.2) is 4.39 Å². The molecule has 0 N–H and O–H groups in total. The minimum atomic E-state index is -1.07. The van der Waals surface area contributed by atoms with Gasteiger partial charge in [-0.05, 0) is 30.6 Å². The number of alkyl halides is 1. The zero-order valence-electron chi connectivity index (χ0n) is 10.6. The Kier molecular flexibility index (Phi) is 3.28. The number of hydrogen-bond acceptors (Lipinski definition) is 2. The van der Waals surface area contributed by atoms with Crippen LogP contribution in [-0.2, 0) is 9.47 Å². The molecule has 1 atom stereocenters. The molecule has 1 heterocycles. The SMILES string of the molecule is CC(C)(C)C1CC(F)(COC2CCOC2)C1. The van der Waals surface area contributed by atoms with E-state index in [-0.39, 0.29) is 18.1 Å². The summed E-state index contributed by atoms with van der Waals surface area (Å²) in [7, 11) is 0. The van der Waals surface area contributed by atoms with E-state index in [1.54, 1.807) is 0 Å². The van der Waals surface area contributed by atoms with Crippen molar-refractivity contribution in [3.8, 4) is 0 Å². The van der Waals surface area contributed by atoms with Crippen LogP contribution in [0.1, 0.15) is 40.0 Å². The van der Waals surface area contributed by atoms with Crippen LogP contribution >= 0.6 is 0 Å². The van der Waals surface area contributed by atoms with Gasteiger partial charge in [-0.2, -0.15) is 0 Å². The van der Waals surface area contributed by atoms with Gasteiger partial charge in [0.1, 0.15) is 5.67 Å². The molecule has 0 aromatic rings. The van der Waals surface area contributed by atoms with E-state index in [1.807, 2.05) is 0 Å². The van der Waals surface area contributed by atoms with Crippen LogP contribution in [0.4, 0.5) is 4.39 Å². The summed E-state index contributed by atoms with van der Waals surface area (Å²) in [6.07, 6.45) is 2.36. The molecule has 3 heteroatoms. The van der Waals surface area contributed by atoms with Gasteiger partial charge in [0.15, 0.2) is 0 Å². The predicted molar refractivity (Wildman–Crippen MR) is 61.2 cm³/mol. The molecule has 1 saturated carbocycles. The fourth-order valence-corrected chi connectivity index (χ4v) is 2.47. The molecule has 1 aliphatic carbocycles. The molecule has 2 nitrogen and oxygen atoms in total. The molecule has 0 radical (unpaired) electrons. The summed E-state index contributed by atoms with van der Waals surface area (Å²) in [5, 5.41) is 0. The zero-order valence-corrected chi connectivity index (χ0v) is 10.6. The fraction of sp³-hybridized carbons (Fsp3) is 1.00. The lowest BCUT2D eigenvalue weighted by molar-refractivity contribution is -0.111. The summed E-state index contributed by atoms with van der Waals surface area (Å²) in [5.74, 6) is 0.501. The van der Waals surface area contributed by atoms with Crippen LogP contribution in [-0.4, -0.2) is 31.6 Å². The molecule has 0 aromatic carbocycles. The van der Waals surface area contributed by atoms with Gasteiger partial charge in [0.2, 0.25) is 0 Å². The average molecular weight is 230 g/mol. The first-order chi connectivity index (χ1) is 7.39. The van der Waals surface area contributed by atoms with Crippen molar-refractivity contribution in [2.75, 3.05) is 19.8 Å². The second kappa shape index (κ2) is 4.26. The maximum Gasteiger partial charge on any atom is 0.134 e. The Hall–Kier alpha value is -0.150. The fourth-order valence-electron chi connectivity index (χ4n) is 2.47. The van der Waals surface area contributed by atoms with E-state index in [9.17, 15) is 4.39 Å². The molecule has 2 rings (SSSR count). The van der Waals surface area contributed by atoms with Gasteiger partial charge in [-0.1, -0.05) is 20.8 Å². The standard InChI is InChI=1S/C13H23FO2/c1-12(2,3)10-6-13(14,7-10)9-16-11-4-5-15-8-11/h10-11H,4-9H2,1-3H3. The Labute approximate surface area is 97.5 Å². The average Bonchev–Trinajstić information content (AvgIpc) is 2.61. The van der Waals surface area contributed by atoms with Crippen LogP contribution in [0, 0.1) is 11.3 Å². The van der Waals surface area contributed by atoms with Gasteiger partial charge in [0.05, 0.1) is 19.3 Å². The van der Waals surface area contributed by atoms with Gasteiger partial charge in [0.25, 0.3) is 0 Å². The van der Waals surface area contributed by atoms with E-state index in [0.717, 1.165) is 13.0 Å². The summed E-state index contributed by atoms with van der Waals surface area (Å²) >= 11 is 0. The number of halogens is 1. The normalized spacial score (nSPS) is 39.8. The smallest absolute Gasteiger partial charge is 0.134 e. The third kappa shape index (κ3) is 2.75. The topological polar surface area (TPSA) is 18.5 Å². The Balaban J connectivity index is 1.71. The van der Waals surface area contributed by atoms with Gasteiger partial charge in [0, 0.05) is 6.61 Å². The summed E-state index contributed by atoms with van der Waals surface area (Å²) in [6.45, 7) is 8.20. The molecule has 0 amide bonds. The van der Waals surface area contributed by atoms with Crippen LogP contribution in [0.2, 0.25) is 0 Å². The third-order valence-electron chi connectivity index (χ3n) is 3.91. The van der Waals surface area contributed by atoms with E-state index >= 15 is 0 Å². The molecule has 0 spiro atoms. The van der Waals surface area contributed by atoms with Crippen molar-refractivity contribution in [2.24, 2.45) is 11.3 Å². The van der Waals surface area contributed by atoms with E-state index < -0.39 is 5.67 Å². The predicted octanol–water partition coefficient (Wildman–Crippen LogP) is 2.96. The lowest BCUT2D eigenvalue weighted by Gasteiger charge is -2.48. The van der Waals surface area contributed by atoms with Crippen molar-refractivity contribution in [3.63, 3.8) is 0 Å². The highest BCUT2D eigenvalue weighted by Crippen LogP contribution is 2.50. The van der Waals surface area contributed by atoms with E-state index in [2.05, 4.69) is 20.8 Å². The van der Waals surface area contributed by atoms with Crippen LogP contribution in [0.25, 0.3) is 0 Å². The molecular weight excluding hydrogens is 207 g/mol. The first-order valence-electron chi connectivity index (χ1n) is 6.27. The van der Waals surface area contributed by atoms with Crippen LogP contribution in [0.5, 0.6) is 0 Å². The van der Waals surface area contributed by atoms with Crippen molar-refractivity contribution in [1.82, 2.24) is 0 Å². The Morgan fingerprint density at radius 2 is 2.06 bits per heavy atom. The quantitative estimate of drug-likeness (QED) is 0.742. The minimum absolute atomic E-state index is 0.126. The maximum atomic E-state index is 14.2. The second-order valence-electron chi connectivity index (χ2n) is 6.42. The van der Waals surface area contributed by atoms with Crippen LogP contribution in [0.3, 0.4) is 0 Å². The van der Waals surface area contributed by atoms with Gasteiger partial charge < -0.3 is 9.47 Å². The highest BCUT2D eigenvalue weighted by molar-refractivity contribution is 4.99. The first-order valence-corrected chi connectivity index (χ1v) is 6.27. The first kappa shape index (κ1) is 12.3. The van der Waals surface area contributed by atoms with Crippen molar-refractivity contribution in [2.45, 2.75) is 51.8 Å². The molecule has 1 unspecified atom stereocenters. The van der Waals surface area contributed by atoms with Crippen LogP contribution < -0.4 is 0 Å². The van der Waals surface area contributed by atoms with Crippen molar-refractivity contribution in [3.05, 3.63) is 0 Å². The maximum absolute atomic E-state index is 14.2. The number of ether oxygens (including phenoxy) is 2. The summed E-state index contributed by atoms with van der Waals surface area (Å²) in [4.78, 5) is 0. The lowest BCUT2D eigenvalue weighted by Crippen LogP contribution is -2.49. The summed E-state index contributed by atoms with van der Waals surface area (Å²) in [5.41, 5.74) is -0.841. The Bertz CT molecular complexity index is 235. The number of hydrogen-bond donors (Lipinski definition) is 0. The molecule has 1 saturated heterocycles. The molecule has 2 aliphatic rings. The molecule has 94 valence electrons. The lowest BCUT2D eigenvalue weighted by atomic mass is 9.61. The minimum Gasteiger partial charge on any atom is -0.379 e. The molecular formula is C13H23FO2. The molecule has 1 aliphatic heterocycles. The highest BCUT2D eigenvalue weighted by atomic mass is 19.1.